The minimum atomic E-state index is -4.40. The number of thiazole rings is 1. The van der Waals surface area contributed by atoms with Crippen LogP contribution in [0.2, 0.25) is 0 Å². The first-order chi connectivity index (χ1) is 10.9. The van der Waals surface area contributed by atoms with Gasteiger partial charge in [0, 0.05) is 44.6 Å². The molecular formula is C15H17F3N4S. The van der Waals surface area contributed by atoms with Gasteiger partial charge in [-0.05, 0) is 18.6 Å². The number of rotatable bonds is 3. The fraction of sp³-hybridized carbons (Fsp3) is 0.467. The van der Waals surface area contributed by atoms with Crippen LogP contribution in [0.25, 0.3) is 0 Å². The molecule has 124 valence electrons. The molecule has 1 fully saturated rings. The van der Waals surface area contributed by atoms with Gasteiger partial charge in [-0.1, -0.05) is 6.07 Å². The number of hydrogen-bond acceptors (Lipinski definition) is 5. The zero-order valence-corrected chi connectivity index (χ0v) is 13.4. The number of halogens is 3. The van der Waals surface area contributed by atoms with E-state index in [0.29, 0.717) is 18.1 Å². The van der Waals surface area contributed by atoms with E-state index >= 15 is 0 Å². The topological polar surface area (TPSA) is 41.1 Å². The zero-order valence-electron chi connectivity index (χ0n) is 12.6. The van der Waals surface area contributed by atoms with Crippen LogP contribution in [0.4, 0.5) is 13.2 Å². The predicted molar refractivity (Wildman–Crippen MR) is 82.1 cm³/mol. The van der Waals surface area contributed by atoms with Crippen molar-refractivity contribution in [2.24, 2.45) is 0 Å². The second kappa shape index (κ2) is 6.54. The van der Waals surface area contributed by atoms with Crippen molar-refractivity contribution in [2.45, 2.75) is 25.7 Å². The van der Waals surface area contributed by atoms with E-state index in [0.717, 1.165) is 23.4 Å². The fourth-order valence-corrected chi connectivity index (χ4v) is 3.80. The van der Waals surface area contributed by atoms with E-state index in [-0.39, 0.29) is 17.5 Å². The van der Waals surface area contributed by atoms with Gasteiger partial charge >= 0.3 is 6.18 Å². The SMILES string of the molecule is Cc1nc(C(F)(F)F)c(CN2CCNCC2c2cccnc2)s1. The van der Waals surface area contributed by atoms with Gasteiger partial charge in [0.1, 0.15) is 0 Å². The average molecular weight is 342 g/mol. The molecule has 0 aliphatic carbocycles. The molecule has 23 heavy (non-hydrogen) atoms. The summed E-state index contributed by atoms with van der Waals surface area (Å²) in [4.78, 5) is 10.2. The molecule has 3 heterocycles. The van der Waals surface area contributed by atoms with Crippen molar-refractivity contribution in [1.29, 1.82) is 0 Å². The molecule has 1 atom stereocenters. The fourth-order valence-electron chi connectivity index (χ4n) is 2.82. The summed E-state index contributed by atoms with van der Waals surface area (Å²) in [6, 6.07) is 3.82. The van der Waals surface area contributed by atoms with E-state index < -0.39 is 11.9 Å². The molecule has 8 heteroatoms. The quantitative estimate of drug-likeness (QED) is 0.931. The number of alkyl halides is 3. The molecule has 1 unspecified atom stereocenters. The second-order valence-electron chi connectivity index (χ2n) is 5.48. The van der Waals surface area contributed by atoms with E-state index in [9.17, 15) is 13.2 Å². The lowest BCUT2D eigenvalue weighted by Gasteiger charge is -2.36. The van der Waals surface area contributed by atoms with Gasteiger partial charge in [0.25, 0.3) is 0 Å². The number of nitrogens with one attached hydrogen (secondary N) is 1. The highest BCUT2D eigenvalue weighted by molar-refractivity contribution is 7.11. The predicted octanol–water partition coefficient (Wildman–Crippen LogP) is 3.01. The van der Waals surface area contributed by atoms with Crippen molar-refractivity contribution in [1.82, 2.24) is 20.2 Å². The minimum absolute atomic E-state index is 0.0148. The third-order valence-electron chi connectivity index (χ3n) is 3.84. The highest BCUT2D eigenvalue weighted by Crippen LogP contribution is 2.36. The van der Waals surface area contributed by atoms with E-state index in [4.69, 9.17) is 0 Å². The highest BCUT2D eigenvalue weighted by atomic mass is 32.1. The Morgan fingerprint density at radius 2 is 2.26 bits per heavy atom. The largest absolute Gasteiger partial charge is 0.434 e. The maximum Gasteiger partial charge on any atom is 0.434 e. The summed E-state index contributed by atoms with van der Waals surface area (Å²) in [5.41, 5.74) is 0.262. The van der Waals surface area contributed by atoms with Gasteiger partial charge < -0.3 is 5.32 Å². The summed E-state index contributed by atoms with van der Waals surface area (Å²) >= 11 is 1.12. The molecule has 1 aliphatic heterocycles. The maximum atomic E-state index is 13.1. The van der Waals surface area contributed by atoms with Crippen molar-refractivity contribution in [3.63, 3.8) is 0 Å². The monoisotopic (exact) mass is 342 g/mol. The molecule has 0 bridgehead atoms. The Bertz CT molecular complexity index is 656. The number of nitrogens with zero attached hydrogens (tertiary/aromatic N) is 3. The Labute approximate surface area is 136 Å². The summed E-state index contributed by atoms with van der Waals surface area (Å²) in [5.74, 6) is 0. The standard InChI is InChI=1S/C15H17F3N4S/c1-10-21-14(15(16,17)18)13(23-10)9-22-6-5-20-8-12(22)11-3-2-4-19-7-11/h2-4,7,12,20H,5-6,8-9H2,1H3. The normalized spacial score (nSPS) is 19.9. The van der Waals surface area contributed by atoms with Crippen LogP contribution >= 0.6 is 11.3 Å². The Balaban J connectivity index is 1.86. The van der Waals surface area contributed by atoms with Crippen molar-refractivity contribution >= 4 is 11.3 Å². The lowest BCUT2D eigenvalue weighted by Crippen LogP contribution is -2.45. The zero-order chi connectivity index (χ0) is 16.4. The van der Waals surface area contributed by atoms with Crippen molar-refractivity contribution < 1.29 is 13.2 Å². The molecule has 0 spiro atoms. The average Bonchev–Trinajstić information content (AvgIpc) is 2.89. The Kier molecular flexibility index (Phi) is 4.65. The third-order valence-corrected chi connectivity index (χ3v) is 4.80. The van der Waals surface area contributed by atoms with Gasteiger partial charge in [-0.2, -0.15) is 13.2 Å². The van der Waals surface area contributed by atoms with Crippen molar-refractivity contribution in [3.8, 4) is 0 Å². The molecule has 1 saturated heterocycles. The number of aromatic nitrogens is 2. The van der Waals surface area contributed by atoms with Crippen molar-refractivity contribution in [3.05, 3.63) is 45.7 Å². The number of hydrogen-bond donors (Lipinski definition) is 1. The van der Waals surface area contributed by atoms with Crippen LogP contribution in [0.1, 0.15) is 27.2 Å². The molecule has 2 aromatic heterocycles. The molecule has 1 N–H and O–H groups in total. The van der Waals surface area contributed by atoms with Gasteiger partial charge in [0.15, 0.2) is 5.69 Å². The Hall–Kier alpha value is -1.51. The van der Waals surface area contributed by atoms with E-state index in [1.165, 1.54) is 0 Å². The lowest BCUT2D eigenvalue weighted by molar-refractivity contribution is -0.141. The van der Waals surface area contributed by atoms with E-state index in [1.54, 1.807) is 19.3 Å². The van der Waals surface area contributed by atoms with Crippen LogP contribution < -0.4 is 5.32 Å². The molecule has 0 amide bonds. The summed E-state index contributed by atoms with van der Waals surface area (Å²) in [7, 11) is 0. The summed E-state index contributed by atoms with van der Waals surface area (Å²) in [5, 5.41) is 3.74. The Morgan fingerprint density at radius 1 is 1.43 bits per heavy atom. The Morgan fingerprint density at radius 3 is 2.96 bits per heavy atom. The van der Waals surface area contributed by atoms with Crippen LogP contribution in [0.5, 0.6) is 0 Å². The van der Waals surface area contributed by atoms with Crippen LogP contribution in [-0.2, 0) is 12.7 Å². The van der Waals surface area contributed by atoms with E-state index in [1.807, 2.05) is 12.1 Å². The number of piperazine rings is 1. The van der Waals surface area contributed by atoms with Gasteiger partial charge in [-0.25, -0.2) is 4.98 Å². The highest BCUT2D eigenvalue weighted by Gasteiger charge is 2.38. The van der Waals surface area contributed by atoms with Crippen LogP contribution in [0.3, 0.4) is 0 Å². The summed E-state index contributed by atoms with van der Waals surface area (Å²) < 4.78 is 39.4. The minimum Gasteiger partial charge on any atom is -0.314 e. The molecule has 3 rings (SSSR count). The van der Waals surface area contributed by atoms with Gasteiger partial charge in [-0.15, -0.1) is 11.3 Å². The summed E-state index contributed by atoms with van der Waals surface area (Å²) in [6.07, 6.45) is -0.941. The molecule has 1 aliphatic rings. The van der Waals surface area contributed by atoms with Gasteiger partial charge in [0.05, 0.1) is 9.88 Å². The lowest BCUT2D eigenvalue weighted by atomic mass is 10.1. The molecule has 4 nitrogen and oxygen atoms in total. The van der Waals surface area contributed by atoms with E-state index in [2.05, 4.69) is 20.2 Å². The van der Waals surface area contributed by atoms with Gasteiger partial charge in [0.2, 0.25) is 0 Å². The van der Waals surface area contributed by atoms with Crippen LogP contribution in [0, 0.1) is 6.92 Å². The van der Waals surface area contributed by atoms with Crippen LogP contribution in [0.15, 0.2) is 24.5 Å². The molecule has 0 radical (unpaired) electrons. The first-order valence-electron chi connectivity index (χ1n) is 7.33. The molecule has 0 aromatic carbocycles. The molecular weight excluding hydrogens is 325 g/mol. The third kappa shape index (κ3) is 3.70. The number of aryl methyl sites for hydroxylation is 1. The molecule has 2 aromatic rings. The second-order valence-corrected chi connectivity index (χ2v) is 6.77. The first kappa shape index (κ1) is 16.4. The van der Waals surface area contributed by atoms with Crippen molar-refractivity contribution in [2.75, 3.05) is 19.6 Å². The van der Waals surface area contributed by atoms with Gasteiger partial charge in [-0.3, -0.25) is 9.88 Å². The summed E-state index contributed by atoms with van der Waals surface area (Å²) in [6.45, 7) is 4.01. The number of pyridine rings is 1. The smallest absolute Gasteiger partial charge is 0.314 e. The maximum absolute atomic E-state index is 13.1. The first-order valence-corrected chi connectivity index (χ1v) is 8.15. The van der Waals surface area contributed by atoms with Crippen LogP contribution in [-0.4, -0.2) is 34.5 Å². The molecule has 0 saturated carbocycles.